The van der Waals surface area contributed by atoms with Crippen molar-refractivity contribution in [1.82, 2.24) is 4.90 Å². The van der Waals surface area contributed by atoms with Crippen LogP contribution in [-0.4, -0.2) is 57.9 Å². The fourth-order valence-electron chi connectivity index (χ4n) is 3.29. The van der Waals surface area contributed by atoms with Gasteiger partial charge in [-0.05, 0) is 42.5 Å². The number of anilines is 3. The highest BCUT2D eigenvalue weighted by molar-refractivity contribution is 7.89. The zero-order chi connectivity index (χ0) is 21.7. The summed E-state index contributed by atoms with van der Waals surface area (Å²) in [6.07, 6.45) is 0. The molecule has 1 heterocycles. The van der Waals surface area contributed by atoms with Crippen LogP contribution in [0.2, 0.25) is 0 Å². The monoisotopic (exact) mass is 431 g/mol. The first-order chi connectivity index (χ1) is 14.2. The molecule has 0 aliphatic carbocycles. The topological polar surface area (TPSA) is 125 Å². The number of piperazine rings is 1. The van der Waals surface area contributed by atoms with Crippen LogP contribution in [0.4, 0.5) is 17.1 Å². The summed E-state index contributed by atoms with van der Waals surface area (Å²) >= 11 is 0. The number of sulfonamides is 1. The summed E-state index contributed by atoms with van der Waals surface area (Å²) in [4.78, 5) is 27.8. The number of hydrogen-bond acceptors (Lipinski definition) is 6. The van der Waals surface area contributed by atoms with Crippen LogP contribution in [-0.2, 0) is 19.6 Å². The van der Waals surface area contributed by atoms with E-state index in [-0.39, 0.29) is 23.3 Å². The lowest BCUT2D eigenvalue weighted by Gasteiger charge is -2.35. The molecule has 2 aromatic rings. The molecular formula is C20H25N5O4S. The summed E-state index contributed by atoms with van der Waals surface area (Å²) in [5.41, 5.74) is 2.17. The van der Waals surface area contributed by atoms with E-state index in [0.717, 1.165) is 18.8 Å². The van der Waals surface area contributed by atoms with Gasteiger partial charge in [-0.25, -0.2) is 13.6 Å². The van der Waals surface area contributed by atoms with Crippen molar-refractivity contribution in [2.75, 3.05) is 48.3 Å². The van der Waals surface area contributed by atoms with Gasteiger partial charge in [0.1, 0.15) is 0 Å². The van der Waals surface area contributed by atoms with E-state index in [1.54, 1.807) is 36.4 Å². The van der Waals surface area contributed by atoms with Crippen molar-refractivity contribution in [1.29, 1.82) is 0 Å². The van der Waals surface area contributed by atoms with Crippen LogP contribution in [0.5, 0.6) is 0 Å². The minimum Gasteiger partial charge on any atom is -0.369 e. The molecule has 3 rings (SSSR count). The molecule has 0 bridgehead atoms. The molecule has 2 aromatic carbocycles. The number of nitrogens with zero attached hydrogens (tertiary/aromatic N) is 2. The van der Waals surface area contributed by atoms with Gasteiger partial charge in [-0.3, -0.25) is 14.5 Å². The third kappa shape index (κ3) is 6.02. The lowest BCUT2D eigenvalue weighted by molar-refractivity contribution is -0.117. The van der Waals surface area contributed by atoms with Gasteiger partial charge in [-0.15, -0.1) is 0 Å². The summed E-state index contributed by atoms with van der Waals surface area (Å²) in [6.45, 7) is 4.55. The van der Waals surface area contributed by atoms with Gasteiger partial charge in [0.25, 0.3) is 0 Å². The zero-order valence-electron chi connectivity index (χ0n) is 16.7. The molecule has 0 radical (unpaired) electrons. The van der Waals surface area contributed by atoms with Crippen LogP contribution in [0.15, 0.2) is 53.4 Å². The number of nitrogens with one attached hydrogen (secondary N) is 2. The molecule has 1 aliphatic rings. The van der Waals surface area contributed by atoms with E-state index < -0.39 is 10.0 Å². The fourth-order valence-corrected chi connectivity index (χ4v) is 3.81. The van der Waals surface area contributed by atoms with Gasteiger partial charge in [0, 0.05) is 50.2 Å². The highest BCUT2D eigenvalue weighted by Crippen LogP contribution is 2.19. The molecule has 9 nitrogen and oxygen atoms in total. The largest absolute Gasteiger partial charge is 0.369 e. The minimum absolute atomic E-state index is 0.0872. The van der Waals surface area contributed by atoms with Crippen LogP contribution in [0, 0.1) is 0 Å². The van der Waals surface area contributed by atoms with Crippen LogP contribution >= 0.6 is 0 Å². The van der Waals surface area contributed by atoms with Gasteiger partial charge in [-0.1, -0.05) is 6.07 Å². The second-order valence-electron chi connectivity index (χ2n) is 7.11. The Morgan fingerprint density at radius 2 is 1.57 bits per heavy atom. The van der Waals surface area contributed by atoms with Crippen molar-refractivity contribution < 1.29 is 18.0 Å². The molecule has 4 N–H and O–H groups in total. The Kier molecular flexibility index (Phi) is 6.70. The number of carbonyl (C=O) groups is 2. The van der Waals surface area contributed by atoms with E-state index in [0.29, 0.717) is 24.5 Å². The molecular weight excluding hydrogens is 406 g/mol. The molecule has 0 aromatic heterocycles. The van der Waals surface area contributed by atoms with Crippen molar-refractivity contribution in [2.45, 2.75) is 11.8 Å². The van der Waals surface area contributed by atoms with E-state index in [4.69, 9.17) is 5.14 Å². The van der Waals surface area contributed by atoms with Gasteiger partial charge < -0.3 is 15.5 Å². The Morgan fingerprint density at radius 3 is 2.13 bits per heavy atom. The molecule has 1 fully saturated rings. The smallest absolute Gasteiger partial charge is 0.238 e. The molecule has 0 spiro atoms. The molecule has 0 saturated carbocycles. The minimum atomic E-state index is -3.70. The summed E-state index contributed by atoms with van der Waals surface area (Å²) < 4.78 is 22.7. The number of carbonyl (C=O) groups excluding carboxylic acids is 2. The standard InChI is InChI=1S/C20H25N5O4S/c1-15(26)22-16-3-2-4-17(13-16)23-20(27)14-24-9-11-25(12-10-24)18-5-7-19(8-6-18)30(21,28)29/h2-8,13H,9-12,14H2,1H3,(H,22,26)(H,23,27)(H2,21,28,29). The Labute approximate surface area is 175 Å². The Bertz CT molecular complexity index is 1020. The highest BCUT2D eigenvalue weighted by atomic mass is 32.2. The van der Waals surface area contributed by atoms with E-state index in [1.807, 2.05) is 0 Å². The van der Waals surface area contributed by atoms with Crippen LogP contribution < -0.4 is 20.7 Å². The van der Waals surface area contributed by atoms with Crippen molar-refractivity contribution in [3.63, 3.8) is 0 Å². The first kappa shape index (κ1) is 21.8. The van der Waals surface area contributed by atoms with E-state index >= 15 is 0 Å². The molecule has 2 amide bonds. The van der Waals surface area contributed by atoms with Crippen molar-refractivity contribution >= 4 is 38.9 Å². The summed E-state index contributed by atoms with van der Waals surface area (Å²) in [6, 6.07) is 13.5. The predicted octanol–water partition coefficient (Wildman–Crippen LogP) is 1.05. The van der Waals surface area contributed by atoms with Gasteiger partial charge in [0.15, 0.2) is 0 Å². The summed E-state index contributed by atoms with van der Waals surface area (Å²) in [5, 5.41) is 10.7. The molecule has 0 unspecified atom stereocenters. The number of amides is 2. The third-order valence-electron chi connectivity index (χ3n) is 4.74. The molecule has 1 aliphatic heterocycles. The number of hydrogen-bond donors (Lipinski definition) is 3. The van der Waals surface area contributed by atoms with Crippen LogP contribution in [0.1, 0.15) is 6.92 Å². The molecule has 1 saturated heterocycles. The first-order valence-corrected chi connectivity index (χ1v) is 11.0. The Balaban J connectivity index is 1.50. The second-order valence-corrected chi connectivity index (χ2v) is 8.67. The maximum absolute atomic E-state index is 12.4. The van der Waals surface area contributed by atoms with Crippen LogP contribution in [0.25, 0.3) is 0 Å². The zero-order valence-corrected chi connectivity index (χ0v) is 17.5. The predicted molar refractivity (Wildman–Crippen MR) is 116 cm³/mol. The summed E-state index contributed by atoms with van der Waals surface area (Å²) in [7, 11) is -3.70. The molecule has 30 heavy (non-hydrogen) atoms. The Morgan fingerprint density at radius 1 is 0.967 bits per heavy atom. The van der Waals surface area contributed by atoms with Crippen molar-refractivity contribution in [2.24, 2.45) is 5.14 Å². The molecule has 10 heteroatoms. The SMILES string of the molecule is CC(=O)Nc1cccc(NC(=O)CN2CCN(c3ccc(S(N)(=O)=O)cc3)CC2)c1. The lowest BCUT2D eigenvalue weighted by atomic mass is 10.2. The van der Waals surface area contributed by atoms with Crippen molar-refractivity contribution in [3.05, 3.63) is 48.5 Å². The third-order valence-corrected chi connectivity index (χ3v) is 5.67. The van der Waals surface area contributed by atoms with Crippen LogP contribution in [0.3, 0.4) is 0 Å². The maximum Gasteiger partial charge on any atom is 0.238 e. The normalized spacial score (nSPS) is 14.9. The maximum atomic E-state index is 12.4. The molecule has 0 atom stereocenters. The average Bonchev–Trinajstić information content (AvgIpc) is 2.68. The second kappa shape index (κ2) is 9.24. The average molecular weight is 432 g/mol. The fraction of sp³-hybridized carbons (Fsp3) is 0.300. The first-order valence-electron chi connectivity index (χ1n) is 9.48. The van der Waals surface area contributed by atoms with E-state index in [9.17, 15) is 18.0 Å². The van der Waals surface area contributed by atoms with E-state index in [1.165, 1.54) is 19.1 Å². The van der Waals surface area contributed by atoms with Gasteiger partial charge in [0.2, 0.25) is 21.8 Å². The Hall–Kier alpha value is -2.95. The lowest BCUT2D eigenvalue weighted by Crippen LogP contribution is -2.48. The number of nitrogens with two attached hydrogens (primary N) is 1. The molecule has 160 valence electrons. The van der Waals surface area contributed by atoms with Gasteiger partial charge >= 0.3 is 0 Å². The highest BCUT2D eigenvalue weighted by Gasteiger charge is 2.20. The number of primary sulfonamides is 1. The van der Waals surface area contributed by atoms with Gasteiger partial charge in [0.05, 0.1) is 11.4 Å². The summed E-state index contributed by atoms with van der Waals surface area (Å²) in [5.74, 6) is -0.295. The number of benzene rings is 2. The van der Waals surface area contributed by atoms with E-state index in [2.05, 4.69) is 20.4 Å². The number of rotatable bonds is 6. The van der Waals surface area contributed by atoms with Gasteiger partial charge in [-0.2, -0.15) is 0 Å². The quantitative estimate of drug-likeness (QED) is 0.628. The van der Waals surface area contributed by atoms with Crippen molar-refractivity contribution in [3.8, 4) is 0 Å².